The van der Waals surface area contributed by atoms with Crippen LogP contribution in [0.4, 0.5) is 4.39 Å². The summed E-state index contributed by atoms with van der Waals surface area (Å²) < 4.78 is 13.5. The highest BCUT2D eigenvalue weighted by Crippen LogP contribution is 2.33. The molecule has 1 aliphatic rings. The highest BCUT2D eigenvalue weighted by atomic mass is 19.1. The van der Waals surface area contributed by atoms with Crippen LogP contribution in [0.2, 0.25) is 0 Å². The van der Waals surface area contributed by atoms with Crippen LogP contribution in [-0.4, -0.2) is 6.04 Å². The van der Waals surface area contributed by atoms with Crippen LogP contribution in [0, 0.1) is 11.7 Å². The zero-order valence-electron chi connectivity index (χ0n) is 10.3. The third-order valence-corrected chi connectivity index (χ3v) is 3.68. The molecule has 16 heavy (non-hydrogen) atoms. The van der Waals surface area contributed by atoms with E-state index in [0.29, 0.717) is 18.0 Å². The van der Waals surface area contributed by atoms with Crippen molar-refractivity contribution in [1.82, 2.24) is 5.32 Å². The van der Waals surface area contributed by atoms with E-state index in [4.69, 9.17) is 0 Å². The summed E-state index contributed by atoms with van der Waals surface area (Å²) in [6.45, 7) is 6.61. The normalized spacial score (nSPS) is 21.2. The molecule has 1 nitrogen and oxygen atoms in total. The first-order valence-corrected chi connectivity index (χ1v) is 6.13. The minimum absolute atomic E-state index is 0.0426. The van der Waals surface area contributed by atoms with Crippen molar-refractivity contribution >= 4 is 0 Å². The van der Waals surface area contributed by atoms with Crippen LogP contribution < -0.4 is 5.32 Å². The summed E-state index contributed by atoms with van der Waals surface area (Å²) in [6.07, 6.45) is 1.89. The van der Waals surface area contributed by atoms with Crippen molar-refractivity contribution in [3.05, 3.63) is 35.1 Å². The van der Waals surface area contributed by atoms with Gasteiger partial charge in [-0.05, 0) is 42.9 Å². The Hall–Kier alpha value is -0.890. The van der Waals surface area contributed by atoms with Gasteiger partial charge in [-0.3, -0.25) is 0 Å². The summed E-state index contributed by atoms with van der Waals surface area (Å²) >= 11 is 0. The number of fused-ring (bicyclic) bond motifs is 1. The number of rotatable bonds is 3. The molecule has 0 heterocycles. The lowest BCUT2D eigenvalue weighted by molar-refractivity contribution is 0.375. The smallest absolute Gasteiger partial charge is 0.126 e. The molecule has 1 aromatic rings. The topological polar surface area (TPSA) is 12.0 Å². The lowest BCUT2D eigenvalue weighted by atomic mass is 10.0. The Kier molecular flexibility index (Phi) is 3.29. The second kappa shape index (κ2) is 4.54. The summed E-state index contributed by atoms with van der Waals surface area (Å²) in [4.78, 5) is 0. The van der Waals surface area contributed by atoms with E-state index < -0.39 is 0 Å². The van der Waals surface area contributed by atoms with Gasteiger partial charge in [0.25, 0.3) is 0 Å². The maximum atomic E-state index is 13.5. The van der Waals surface area contributed by atoms with Gasteiger partial charge < -0.3 is 5.32 Å². The van der Waals surface area contributed by atoms with Crippen LogP contribution in [0.15, 0.2) is 18.2 Å². The molecule has 0 fully saturated rings. The van der Waals surface area contributed by atoms with Crippen molar-refractivity contribution in [3.63, 3.8) is 0 Å². The van der Waals surface area contributed by atoms with Crippen molar-refractivity contribution in [2.45, 2.75) is 45.7 Å². The largest absolute Gasteiger partial charge is 0.307 e. The molecule has 2 rings (SSSR count). The second-order valence-electron chi connectivity index (χ2n) is 5.10. The third kappa shape index (κ3) is 2.12. The predicted octanol–water partition coefficient (Wildman–Crippen LogP) is 3.45. The first-order valence-electron chi connectivity index (χ1n) is 6.13. The molecule has 0 aliphatic heterocycles. The van der Waals surface area contributed by atoms with E-state index in [0.717, 1.165) is 24.0 Å². The van der Waals surface area contributed by atoms with Gasteiger partial charge in [0.2, 0.25) is 0 Å². The Morgan fingerprint density at radius 3 is 2.75 bits per heavy atom. The highest BCUT2D eigenvalue weighted by Gasteiger charge is 2.26. The molecule has 1 aliphatic carbocycles. The fourth-order valence-corrected chi connectivity index (χ4v) is 2.29. The van der Waals surface area contributed by atoms with E-state index in [-0.39, 0.29) is 5.82 Å². The van der Waals surface area contributed by atoms with Crippen molar-refractivity contribution < 1.29 is 4.39 Å². The molecule has 88 valence electrons. The standard InChI is InChI=1S/C14H20FN/c1-9(2)10(3)16-14-8-7-11-12(14)5-4-6-13(11)15/h4-6,9-10,14,16H,7-8H2,1-3H3. The van der Waals surface area contributed by atoms with E-state index in [9.17, 15) is 4.39 Å². The number of benzene rings is 1. The van der Waals surface area contributed by atoms with Crippen molar-refractivity contribution in [3.8, 4) is 0 Å². The van der Waals surface area contributed by atoms with Crippen LogP contribution in [-0.2, 0) is 6.42 Å². The van der Waals surface area contributed by atoms with Crippen LogP contribution in [0.1, 0.15) is 44.4 Å². The van der Waals surface area contributed by atoms with Crippen LogP contribution in [0.25, 0.3) is 0 Å². The molecule has 1 aromatic carbocycles. The number of hydrogen-bond acceptors (Lipinski definition) is 1. The average Bonchev–Trinajstić information content (AvgIpc) is 2.63. The van der Waals surface area contributed by atoms with Crippen molar-refractivity contribution in [2.75, 3.05) is 0 Å². The zero-order valence-corrected chi connectivity index (χ0v) is 10.3. The zero-order chi connectivity index (χ0) is 11.7. The van der Waals surface area contributed by atoms with E-state index >= 15 is 0 Å². The van der Waals surface area contributed by atoms with Gasteiger partial charge in [0.05, 0.1) is 0 Å². The molecular weight excluding hydrogens is 201 g/mol. The Labute approximate surface area is 97.1 Å². The van der Waals surface area contributed by atoms with Crippen LogP contribution in [0.5, 0.6) is 0 Å². The Morgan fingerprint density at radius 1 is 1.31 bits per heavy atom. The molecule has 0 spiro atoms. The fraction of sp³-hybridized carbons (Fsp3) is 0.571. The van der Waals surface area contributed by atoms with E-state index in [1.165, 1.54) is 0 Å². The van der Waals surface area contributed by atoms with Gasteiger partial charge in [-0.25, -0.2) is 4.39 Å². The maximum absolute atomic E-state index is 13.5. The monoisotopic (exact) mass is 221 g/mol. The van der Waals surface area contributed by atoms with Gasteiger partial charge in [-0.2, -0.15) is 0 Å². The van der Waals surface area contributed by atoms with E-state index in [1.54, 1.807) is 6.07 Å². The number of nitrogens with one attached hydrogen (secondary N) is 1. The molecule has 0 radical (unpaired) electrons. The Balaban J connectivity index is 2.15. The molecular formula is C14H20FN. The van der Waals surface area contributed by atoms with Crippen LogP contribution >= 0.6 is 0 Å². The average molecular weight is 221 g/mol. The van der Waals surface area contributed by atoms with Crippen molar-refractivity contribution in [1.29, 1.82) is 0 Å². The molecule has 1 N–H and O–H groups in total. The molecule has 0 saturated heterocycles. The van der Waals surface area contributed by atoms with E-state index in [1.807, 2.05) is 6.07 Å². The third-order valence-electron chi connectivity index (χ3n) is 3.68. The highest BCUT2D eigenvalue weighted by molar-refractivity contribution is 5.35. The summed E-state index contributed by atoms with van der Waals surface area (Å²) in [7, 11) is 0. The summed E-state index contributed by atoms with van der Waals surface area (Å²) in [5.41, 5.74) is 2.07. The molecule has 0 amide bonds. The molecule has 0 aromatic heterocycles. The summed E-state index contributed by atoms with van der Waals surface area (Å²) in [5, 5.41) is 3.60. The van der Waals surface area contributed by atoms with Gasteiger partial charge >= 0.3 is 0 Å². The maximum Gasteiger partial charge on any atom is 0.126 e. The fourth-order valence-electron chi connectivity index (χ4n) is 2.29. The van der Waals surface area contributed by atoms with Gasteiger partial charge in [0.15, 0.2) is 0 Å². The minimum atomic E-state index is -0.0426. The van der Waals surface area contributed by atoms with Gasteiger partial charge in [0.1, 0.15) is 5.82 Å². The number of halogens is 1. The van der Waals surface area contributed by atoms with Gasteiger partial charge in [0, 0.05) is 12.1 Å². The Morgan fingerprint density at radius 2 is 2.06 bits per heavy atom. The summed E-state index contributed by atoms with van der Waals surface area (Å²) in [5.74, 6) is 0.566. The first kappa shape index (κ1) is 11.6. The van der Waals surface area contributed by atoms with Crippen molar-refractivity contribution in [2.24, 2.45) is 5.92 Å². The summed E-state index contributed by atoms with van der Waals surface area (Å²) in [6, 6.07) is 6.24. The second-order valence-corrected chi connectivity index (χ2v) is 5.10. The van der Waals surface area contributed by atoms with Crippen LogP contribution in [0.3, 0.4) is 0 Å². The lowest BCUT2D eigenvalue weighted by Crippen LogP contribution is -2.33. The van der Waals surface area contributed by atoms with Gasteiger partial charge in [-0.1, -0.05) is 26.0 Å². The minimum Gasteiger partial charge on any atom is -0.307 e. The number of hydrogen-bond donors (Lipinski definition) is 1. The molecule has 0 bridgehead atoms. The lowest BCUT2D eigenvalue weighted by Gasteiger charge is -2.23. The van der Waals surface area contributed by atoms with Gasteiger partial charge in [-0.15, -0.1) is 0 Å². The Bertz CT molecular complexity index is 373. The van der Waals surface area contributed by atoms with E-state index in [2.05, 4.69) is 32.2 Å². The molecule has 2 heteroatoms. The quantitative estimate of drug-likeness (QED) is 0.824. The SMILES string of the molecule is CC(C)C(C)NC1CCc2c(F)cccc21. The molecule has 2 atom stereocenters. The predicted molar refractivity (Wildman–Crippen MR) is 64.9 cm³/mol. The first-order chi connectivity index (χ1) is 7.59. The molecule has 2 unspecified atom stereocenters. The molecule has 0 saturated carbocycles.